The van der Waals surface area contributed by atoms with Gasteiger partial charge in [0, 0.05) is 23.6 Å². The zero-order valence-electron chi connectivity index (χ0n) is 14.9. The van der Waals surface area contributed by atoms with Crippen LogP contribution in [0.5, 0.6) is 0 Å². The van der Waals surface area contributed by atoms with Gasteiger partial charge in [0.25, 0.3) is 0 Å². The lowest BCUT2D eigenvalue weighted by molar-refractivity contribution is -0.659. The van der Waals surface area contributed by atoms with Crippen LogP contribution < -0.4 is 4.57 Å². The van der Waals surface area contributed by atoms with Crippen LogP contribution in [0.2, 0.25) is 0 Å². The van der Waals surface area contributed by atoms with Crippen LogP contribution in [0.15, 0.2) is 65.2 Å². The highest BCUT2D eigenvalue weighted by Crippen LogP contribution is 2.39. The number of aryl methyl sites for hydroxylation is 2. The van der Waals surface area contributed by atoms with Crippen molar-refractivity contribution < 1.29 is 17.8 Å². The van der Waals surface area contributed by atoms with Crippen molar-refractivity contribution in [2.75, 3.05) is 0 Å². The van der Waals surface area contributed by atoms with Crippen molar-refractivity contribution in [3.05, 3.63) is 78.0 Å². The minimum absolute atomic E-state index is 0.220. The Hall–Kier alpha value is -3.27. The minimum Gasteiger partial charge on any atom is -0.455 e. The molecule has 3 aromatic carbocycles. The first kappa shape index (κ1) is 15.9. The molecule has 0 N–H and O–H groups in total. The molecule has 4 heteroatoms. The number of hydrogen-bond donors (Lipinski definition) is 0. The van der Waals surface area contributed by atoms with Gasteiger partial charge in [-0.15, -0.1) is 0 Å². The number of fused-ring (bicyclic) bond motifs is 4. The number of hydrogen-bond acceptors (Lipinski definition) is 1. The molecule has 2 nitrogen and oxygen atoms in total. The summed E-state index contributed by atoms with van der Waals surface area (Å²) in [5.41, 5.74) is 3.67. The standard InChI is InChI=1S/C23H16F2NO/c1-13-7-8-17-21-18(25)11-15(24)12-19(21)27-23(17)20(13)22-16-6-4-3-5-14(16)9-10-26(22)2/h3-12H,1-2H3/q+1. The number of pyridine rings is 1. The summed E-state index contributed by atoms with van der Waals surface area (Å²) in [5.74, 6) is -1.26. The van der Waals surface area contributed by atoms with Crippen molar-refractivity contribution in [1.29, 1.82) is 0 Å². The van der Waals surface area contributed by atoms with Crippen molar-refractivity contribution in [2.45, 2.75) is 6.92 Å². The summed E-state index contributed by atoms with van der Waals surface area (Å²) in [6.07, 6.45) is 2.00. The first-order chi connectivity index (χ1) is 13.0. The topological polar surface area (TPSA) is 17.0 Å². The van der Waals surface area contributed by atoms with E-state index in [4.69, 9.17) is 4.42 Å². The highest BCUT2D eigenvalue weighted by atomic mass is 19.1. The zero-order valence-corrected chi connectivity index (χ0v) is 14.9. The third kappa shape index (κ3) is 2.26. The SMILES string of the molecule is Cc1ccc2c(oc3cc(F)cc(F)c32)c1-c1c2ccccc2cc[n+]1C. The molecule has 0 saturated heterocycles. The van der Waals surface area contributed by atoms with E-state index in [2.05, 4.69) is 18.2 Å². The van der Waals surface area contributed by atoms with Crippen LogP contribution in [0.4, 0.5) is 8.78 Å². The summed E-state index contributed by atoms with van der Waals surface area (Å²) in [7, 11) is 1.98. The molecule has 0 unspecified atom stereocenters. The fourth-order valence-electron chi connectivity index (χ4n) is 3.91. The molecule has 2 heterocycles. The molecular formula is C23H16F2NO+. The number of rotatable bonds is 1. The van der Waals surface area contributed by atoms with Gasteiger partial charge in [0.1, 0.15) is 29.8 Å². The van der Waals surface area contributed by atoms with E-state index < -0.39 is 11.6 Å². The molecule has 27 heavy (non-hydrogen) atoms. The molecule has 0 aliphatic carbocycles. The lowest BCUT2D eigenvalue weighted by Crippen LogP contribution is -2.30. The fourth-order valence-corrected chi connectivity index (χ4v) is 3.91. The summed E-state index contributed by atoms with van der Waals surface area (Å²) in [5, 5.41) is 3.15. The number of benzene rings is 3. The lowest BCUT2D eigenvalue weighted by atomic mass is 9.97. The zero-order chi connectivity index (χ0) is 18.7. The third-order valence-corrected chi connectivity index (χ3v) is 5.15. The van der Waals surface area contributed by atoms with Crippen molar-refractivity contribution >= 4 is 32.7 Å². The summed E-state index contributed by atoms with van der Waals surface area (Å²) < 4.78 is 36.2. The van der Waals surface area contributed by atoms with E-state index in [1.165, 1.54) is 6.07 Å². The molecule has 0 saturated carbocycles. The summed E-state index contributed by atoms with van der Waals surface area (Å²) in [4.78, 5) is 0. The quantitative estimate of drug-likeness (QED) is 0.344. The summed E-state index contributed by atoms with van der Waals surface area (Å²) in [6.45, 7) is 2.00. The van der Waals surface area contributed by atoms with Crippen LogP contribution in [0.3, 0.4) is 0 Å². The van der Waals surface area contributed by atoms with Crippen molar-refractivity contribution in [1.82, 2.24) is 0 Å². The molecule has 0 aliphatic rings. The Labute approximate surface area is 154 Å². The molecule has 2 aromatic heterocycles. The first-order valence-corrected chi connectivity index (χ1v) is 8.73. The second-order valence-electron chi connectivity index (χ2n) is 6.86. The molecule has 0 bridgehead atoms. The van der Waals surface area contributed by atoms with Gasteiger partial charge in [-0.2, -0.15) is 0 Å². The number of nitrogens with zero attached hydrogens (tertiary/aromatic N) is 1. The summed E-state index contributed by atoms with van der Waals surface area (Å²) in [6, 6.07) is 16.1. The maximum Gasteiger partial charge on any atom is 0.224 e. The van der Waals surface area contributed by atoms with Gasteiger partial charge in [-0.05, 0) is 23.9 Å². The Bertz CT molecular complexity index is 1370. The number of aromatic nitrogens is 1. The molecule has 5 rings (SSSR count). The van der Waals surface area contributed by atoms with Crippen LogP contribution in [0.1, 0.15) is 5.56 Å². The Morgan fingerprint density at radius 3 is 2.59 bits per heavy atom. The normalized spacial score (nSPS) is 11.7. The summed E-state index contributed by atoms with van der Waals surface area (Å²) >= 11 is 0. The molecule has 0 atom stereocenters. The molecule has 5 aromatic rings. The average molecular weight is 360 g/mol. The van der Waals surface area contributed by atoms with Crippen LogP contribution in [0.25, 0.3) is 44.0 Å². The van der Waals surface area contributed by atoms with Gasteiger partial charge < -0.3 is 4.42 Å². The molecule has 132 valence electrons. The van der Waals surface area contributed by atoms with Crippen molar-refractivity contribution in [3.8, 4) is 11.3 Å². The second-order valence-corrected chi connectivity index (χ2v) is 6.86. The van der Waals surface area contributed by atoms with E-state index >= 15 is 0 Å². The smallest absolute Gasteiger partial charge is 0.224 e. The largest absolute Gasteiger partial charge is 0.455 e. The maximum atomic E-state index is 14.5. The predicted molar refractivity (Wildman–Crippen MR) is 102 cm³/mol. The average Bonchev–Trinajstić information content (AvgIpc) is 3.01. The Kier molecular flexibility index (Phi) is 3.31. The lowest BCUT2D eigenvalue weighted by Gasteiger charge is -2.08. The van der Waals surface area contributed by atoms with Gasteiger partial charge >= 0.3 is 0 Å². The molecule has 0 spiro atoms. The van der Waals surface area contributed by atoms with E-state index in [1.807, 2.05) is 49.0 Å². The highest BCUT2D eigenvalue weighted by Gasteiger charge is 2.24. The van der Waals surface area contributed by atoms with E-state index in [0.717, 1.165) is 33.7 Å². The molecule has 0 amide bonds. The predicted octanol–water partition coefficient (Wildman–Crippen LogP) is 5.82. The molecule has 0 aliphatic heterocycles. The van der Waals surface area contributed by atoms with Gasteiger partial charge in [0.15, 0.2) is 6.20 Å². The van der Waals surface area contributed by atoms with Gasteiger partial charge in [-0.1, -0.05) is 30.3 Å². The van der Waals surface area contributed by atoms with Gasteiger partial charge in [-0.3, -0.25) is 0 Å². The fraction of sp³-hybridized carbons (Fsp3) is 0.0870. The van der Waals surface area contributed by atoms with Gasteiger partial charge in [-0.25, -0.2) is 13.3 Å². The third-order valence-electron chi connectivity index (χ3n) is 5.15. The molecular weight excluding hydrogens is 344 g/mol. The Balaban J connectivity index is 1.99. The Morgan fingerprint density at radius 2 is 1.74 bits per heavy atom. The molecule has 0 radical (unpaired) electrons. The van der Waals surface area contributed by atoms with E-state index in [0.29, 0.717) is 16.4 Å². The minimum atomic E-state index is -0.645. The second kappa shape index (κ2) is 5.61. The van der Waals surface area contributed by atoms with Crippen LogP contribution in [-0.4, -0.2) is 0 Å². The number of furan rings is 1. The van der Waals surface area contributed by atoms with E-state index in [9.17, 15) is 8.78 Å². The monoisotopic (exact) mass is 360 g/mol. The Morgan fingerprint density at radius 1 is 0.926 bits per heavy atom. The first-order valence-electron chi connectivity index (χ1n) is 8.73. The highest BCUT2D eigenvalue weighted by molar-refractivity contribution is 6.12. The van der Waals surface area contributed by atoms with E-state index in [1.54, 1.807) is 0 Å². The van der Waals surface area contributed by atoms with Gasteiger partial charge in [0.2, 0.25) is 5.69 Å². The van der Waals surface area contributed by atoms with Crippen molar-refractivity contribution in [2.24, 2.45) is 7.05 Å². The van der Waals surface area contributed by atoms with Crippen LogP contribution in [-0.2, 0) is 7.05 Å². The maximum absolute atomic E-state index is 14.5. The van der Waals surface area contributed by atoms with E-state index in [-0.39, 0.29) is 5.58 Å². The molecule has 0 fully saturated rings. The van der Waals surface area contributed by atoms with Gasteiger partial charge in [0.05, 0.1) is 16.3 Å². The van der Waals surface area contributed by atoms with Crippen molar-refractivity contribution in [3.63, 3.8) is 0 Å². The van der Waals surface area contributed by atoms with Crippen LogP contribution >= 0.6 is 0 Å². The number of halogens is 2. The van der Waals surface area contributed by atoms with Crippen LogP contribution in [0, 0.1) is 18.6 Å².